The van der Waals surface area contributed by atoms with Crippen molar-refractivity contribution in [1.82, 2.24) is 0 Å². The van der Waals surface area contributed by atoms with Gasteiger partial charge >= 0.3 is 0 Å². The van der Waals surface area contributed by atoms with Crippen molar-refractivity contribution in [3.05, 3.63) is 34.9 Å². The minimum atomic E-state index is 0.393. The quantitative estimate of drug-likeness (QED) is 0.673. The lowest BCUT2D eigenvalue weighted by Gasteiger charge is -2.09. The molecule has 1 nitrogen and oxygen atoms in total. The Labute approximate surface area is 73.4 Å². The van der Waals surface area contributed by atoms with Crippen molar-refractivity contribution < 1.29 is 5.11 Å². The van der Waals surface area contributed by atoms with Crippen molar-refractivity contribution in [1.29, 1.82) is 0 Å². The molecular weight excluding hydrogens is 148 g/mol. The van der Waals surface area contributed by atoms with E-state index < -0.39 is 0 Å². The monoisotopic (exact) mass is 162 g/mol. The number of aryl methyl sites for hydroxylation is 1. The largest absolute Gasteiger partial charge is 0.507 e. The molecule has 0 aliphatic heterocycles. The normalized spacial score (nSPS) is 9.92. The minimum absolute atomic E-state index is 0.393. The van der Waals surface area contributed by atoms with Gasteiger partial charge in [-0.1, -0.05) is 18.7 Å². The Hall–Kier alpha value is -1.24. The first kappa shape index (κ1) is 8.85. The Kier molecular flexibility index (Phi) is 2.22. The summed E-state index contributed by atoms with van der Waals surface area (Å²) in [5, 5.41) is 9.65. The Morgan fingerprint density at radius 1 is 1.25 bits per heavy atom. The third kappa shape index (κ3) is 1.22. The third-order valence-corrected chi connectivity index (χ3v) is 2.33. The molecular formula is C11H14O. The predicted octanol–water partition coefficient (Wildman–Crippen LogP) is 2.96. The molecule has 1 N–H and O–H groups in total. The zero-order chi connectivity index (χ0) is 9.30. The highest BCUT2D eigenvalue weighted by Gasteiger charge is 2.06. The topological polar surface area (TPSA) is 20.2 Å². The lowest BCUT2D eigenvalue weighted by atomic mass is 9.99. The maximum Gasteiger partial charge on any atom is 0.122 e. The van der Waals surface area contributed by atoms with Gasteiger partial charge in [0, 0.05) is 0 Å². The van der Waals surface area contributed by atoms with Crippen LogP contribution in [0.3, 0.4) is 0 Å². The maximum atomic E-state index is 9.65. The number of phenolic OH excluding ortho intramolecular Hbond substituents is 1. The van der Waals surface area contributed by atoms with Crippen LogP contribution in [0.25, 0.3) is 6.08 Å². The summed E-state index contributed by atoms with van der Waals surface area (Å²) in [5.74, 6) is 0.393. The number of hydrogen-bond donors (Lipinski definition) is 1. The van der Waals surface area contributed by atoms with Crippen LogP contribution in [0, 0.1) is 20.8 Å². The van der Waals surface area contributed by atoms with Crippen molar-refractivity contribution in [2.24, 2.45) is 0 Å². The Morgan fingerprint density at radius 2 is 1.83 bits per heavy atom. The summed E-state index contributed by atoms with van der Waals surface area (Å²) < 4.78 is 0. The molecule has 0 heterocycles. The molecule has 1 aromatic carbocycles. The third-order valence-electron chi connectivity index (χ3n) is 2.33. The van der Waals surface area contributed by atoms with Crippen LogP contribution < -0.4 is 0 Å². The fraction of sp³-hybridized carbons (Fsp3) is 0.273. The molecule has 0 spiro atoms. The highest BCUT2D eigenvalue weighted by atomic mass is 16.3. The van der Waals surface area contributed by atoms with E-state index in [-0.39, 0.29) is 0 Å². The molecule has 0 saturated carbocycles. The van der Waals surface area contributed by atoms with E-state index in [1.807, 2.05) is 26.8 Å². The fourth-order valence-corrected chi connectivity index (χ4v) is 1.27. The lowest BCUT2D eigenvalue weighted by Crippen LogP contribution is -1.89. The Bertz CT molecular complexity index is 324. The van der Waals surface area contributed by atoms with Gasteiger partial charge in [-0.2, -0.15) is 0 Å². The number of rotatable bonds is 1. The minimum Gasteiger partial charge on any atom is -0.507 e. The molecule has 12 heavy (non-hydrogen) atoms. The van der Waals surface area contributed by atoms with Crippen LogP contribution in [0.15, 0.2) is 12.6 Å². The average molecular weight is 162 g/mol. The van der Waals surface area contributed by atoms with Gasteiger partial charge in [0.15, 0.2) is 0 Å². The fourth-order valence-electron chi connectivity index (χ4n) is 1.27. The molecule has 0 unspecified atom stereocenters. The van der Waals surface area contributed by atoms with E-state index in [0.29, 0.717) is 5.75 Å². The first-order chi connectivity index (χ1) is 5.57. The van der Waals surface area contributed by atoms with Gasteiger partial charge in [0.05, 0.1) is 0 Å². The summed E-state index contributed by atoms with van der Waals surface area (Å²) in [4.78, 5) is 0. The van der Waals surface area contributed by atoms with Crippen molar-refractivity contribution in [2.75, 3.05) is 0 Å². The SMILES string of the molecule is C=Cc1cc(C)c(C)c(O)c1C. The van der Waals surface area contributed by atoms with Gasteiger partial charge in [-0.25, -0.2) is 0 Å². The molecule has 1 rings (SSSR count). The van der Waals surface area contributed by atoms with Gasteiger partial charge in [-0.05, 0) is 43.0 Å². The second-order valence-electron chi connectivity index (χ2n) is 3.09. The summed E-state index contributed by atoms with van der Waals surface area (Å²) in [6.45, 7) is 9.50. The summed E-state index contributed by atoms with van der Waals surface area (Å²) in [7, 11) is 0. The van der Waals surface area contributed by atoms with Crippen LogP contribution in [-0.2, 0) is 0 Å². The van der Waals surface area contributed by atoms with Gasteiger partial charge in [0.1, 0.15) is 5.75 Å². The average Bonchev–Trinajstić information content (AvgIpc) is 2.08. The van der Waals surface area contributed by atoms with E-state index in [4.69, 9.17) is 0 Å². The summed E-state index contributed by atoms with van der Waals surface area (Å²) >= 11 is 0. The summed E-state index contributed by atoms with van der Waals surface area (Å²) in [5.41, 5.74) is 3.98. The molecule has 0 aromatic heterocycles. The first-order valence-corrected chi connectivity index (χ1v) is 4.00. The lowest BCUT2D eigenvalue weighted by molar-refractivity contribution is 0.466. The molecule has 1 aromatic rings. The highest BCUT2D eigenvalue weighted by Crippen LogP contribution is 2.28. The molecule has 0 amide bonds. The van der Waals surface area contributed by atoms with Gasteiger partial charge in [-0.15, -0.1) is 0 Å². The number of benzene rings is 1. The maximum absolute atomic E-state index is 9.65. The van der Waals surface area contributed by atoms with Crippen molar-refractivity contribution in [3.63, 3.8) is 0 Å². The second-order valence-corrected chi connectivity index (χ2v) is 3.09. The second kappa shape index (κ2) is 3.02. The van der Waals surface area contributed by atoms with Crippen molar-refractivity contribution in [2.45, 2.75) is 20.8 Å². The van der Waals surface area contributed by atoms with Gasteiger partial charge < -0.3 is 5.11 Å². The Balaban J connectivity index is 3.49. The standard InChI is InChI=1S/C11H14O/c1-5-10-6-7(2)8(3)11(12)9(10)4/h5-6,12H,1H2,2-4H3. The highest BCUT2D eigenvalue weighted by molar-refractivity contribution is 5.60. The molecule has 0 fully saturated rings. The van der Waals surface area contributed by atoms with Crippen LogP contribution in [0.2, 0.25) is 0 Å². The number of aromatic hydroxyl groups is 1. The molecule has 64 valence electrons. The zero-order valence-electron chi connectivity index (χ0n) is 7.81. The van der Waals surface area contributed by atoms with Crippen LogP contribution in [0.4, 0.5) is 0 Å². The molecule has 0 radical (unpaired) electrons. The van der Waals surface area contributed by atoms with E-state index in [1.54, 1.807) is 6.08 Å². The molecule has 0 aliphatic carbocycles. The van der Waals surface area contributed by atoms with E-state index in [9.17, 15) is 5.11 Å². The van der Waals surface area contributed by atoms with Crippen LogP contribution >= 0.6 is 0 Å². The van der Waals surface area contributed by atoms with E-state index in [1.165, 1.54) is 0 Å². The van der Waals surface area contributed by atoms with Crippen molar-refractivity contribution in [3.8, 4) is 5.75 Å². The predicted molar refractivity (Wildman–Crippen MR) is 52.4 cm³/mol. The number of phenols is 1. The van der Waals surface area contributed by atoms with Crippen LogP contribution in [-0.4, -0.2) is 5.11 Å². The smallest absolute Gasteiger partial charge is 0.122 e. The summed E-state index contributed by atoms with van der Waals surface area (Å²) in [6.07, 6.45) is 1.77. The van der Waals surface area contributed by atoms with Crippen LogP contribution in [0.1, 0.15) is 22.3 Å². The van der Waals surface area contributed by atoms with Crippen LogP contribution in [0.5, 0.6) is 5.75 Å². The van der Waals surface area contributed by atoms with Gasteiger partial charge in [0.25, 0.3) is 0 Å². The summed E-state index contributed by atoms with van der Waals surface area (Å²) in [6, 6.07) is 2.04. The van der Waals surface area contributed by atoms with E-state index in [2.05, 4.69) is 6.58 Å². The van der Waals surface area contributed by atoms with Gasteiger partial charge in [0.2, 0.25) is 0 Å². The first-order valence-electron chi connectivity index (χ1n) is 4.00. The molecule has 0 saturated heterocycles. The molecule has 1 heteroatoms. The number of hydrogen-bond acceptors (Lipinski definition) is 1. The molecule has 0 aliphatic rings. The van der Waals surface area contributed by atoms with E-state index in [0.717, 1.165) is 22.3 Å². The van der Waals surface area contributed by atoms with Gasteiger partial charge in [-0.3, -0.25) is 0 Å². The molecule has 0 bridgehead atoms. The molecule has 0 atom stereocenters. The van der Waals surface area contributed by atoms with E-state index >= 15 is 0 Å². The Morgan fingerprint density at radius 3 is 2.33 bits per heavy atom. The zero-order valence-corrected chi connectivity index (χ0v) is 7.81. The van der Waals surface area contributed by atoms with Crippen molar-refractivity contribution >= 4 is 6.08 Å².